The van der Waals surface area contributed by atoms with Gasteiger partial charge in [-0.3, -0.25) is 9.48 Å². The van der Waals surface area contributed by atoms with Crippen LogP contribution in [-0.4, -0.2) is 29.3 Å². The number of methoxy groups -OCH3 is 1. The van der Waals surface area contributed by atoms with Crippen LogP contribution in [0, 0.1) is 11.6 Å². The van der Waals surface area contributed by atoms with E-state index in [-0.39, 0.29) is 35.6 Å². The van der Waals surface area contributed by atoms with Gasteiger partial charge >= 0.3 is 0 Å². The van der Waals surface area contributed by atoms with Crippen molar-refractivity contribution in [2.75, 3.05) is 13.7 Å². The number of carbonyl (C=O) groups excluding carboxylic acids is 1. The molecule has 0 aliphatic heterocycles. The van der Waals surface area contributed by atoms with E-state index in [0.717, 1.165) is 22.4 Å². The van der Waals surface area contributed by atoms with Crippen LogP contribution in [0.2, 0.25) is 0 Å². The normalized spacial score (nSPS) is 10.7. The lowest BCUT2D eigenvalue weighted by molar-refractivity contribution is 0.0949. The topological polar surface area (TPSA) is 65.4 Å². The molecule has 1 aromatic heterocycles. The van der Waals surface area contributed by atoms with Crippen LogP contribution in [0.25, 0.3) is 0 Å². The van der Waals surface area contributed by atoms with E-state index in [0.29, 0.717) is 19.5 Å². The van der Waals surface area contributed by atoms with E-state index in [4.69, 9.17) is 9.47 Å². The second-order valence-corrected chi connectivity index (χ2v) is 7.94. The minimum absolute atomic E-state index is 0.123. The van der Waals surface area contributed by atoms with Crippen molar-refractivity contribution < 1.29 is 23.0 Å². The van der Waals surface area contributed by atoms with Gasteiger partial charge in [-0.05, 0) is 59.5 Å². The molecule has 4 rings (SSSR count). The minimum atomic E-state index is -0.339. The Morgan fingerprint density at radius 3 is 2.31 bits per heavy atom. The van der Waals surface area contributed by atoms with Gasteiger partial charge in [0.1, 0.15) is 29.6 Å². The van der Waals surface area contributed by atoms with Crippen LogP contribution < -0.4 is 14.8 Å². The van der Waals surface area contributed by atoms with Crippen LogP contribution in [0.3, 0.4) is 0 Å². The van der Waals surface area contributed by atoms with Crippen LogP contribution in [0.4, 0.5) is 8.78 Å². The summed E-state index contributed by atoms with van der Waals surface area (Å²) in [6.45, 7) is 0.870. The Balaban J connectivity index is 1.46. The smallest absolute Gasteiger partial charge is 0.258 e. The number of nitrogens with one attached hydrogen (secondary N) is 1. The molecular weight excluding hydrogens is 452 g/mol. The van der Waals surface area contributed by atoms with Crippen LogP contribution >= 0.6 is 0 Å². The monoisotopic (exact) mass is 477 g/mol. The molecule has 1 amide bonds. The van der Waals surface area contributed by atoms with E-state index in [9.17, 15) is 13.6 Å². The number of nitrogens with zero attached hydrogens (tertiary/aromatic N) is 2. The van der Waals surface area contributed by atoms with Crippen LogP contribution in [0.1, 0.15) is 27.0 Å². The summed E-state index contributed by atoms with van der Waals surface area (Å²) in [5, 5.41) is 7.32. The Bertz CT molecular complexity index is 1270. The summed E-state index contributed by atoms with van der Waals surface area (Å²) in [6, 6.07) is 19.6. The summed E-state index contributed by atoms with van der Waals surface area (Å²) in [5.74, 6) is -0.0721. The van der Waals surface area contributed by atoms with Crippen LogP contribution in [-0.2, 0) is 19.6 Å². The number of hydrogen-bond donors (Lipinski definition) is 1. The van der Waals surface area contributed by atoms with Gasteiger partial charge < -0.3 is 14.8 Å². The van der Waals surface area contributed by atoms with E-state index in [1.165, 1.54) is 24.3 Å². The molecule has 0 fully saturated rings. The first kappa shape index (κ1) is 23.9. The van der Waals surface area contributed by atoms with Gasteiger partial charge in [-0.2, -0.15) is 0 Å². The molecule has 1 N–H and O–H groups in total. The number of hydrogen-bond acceptors (Lipinski definition) is 4. The molecule has 0 saturated heterocycles. The maximum Gasteiger partial charge on any atom is 0.258 e. The quantitative estimate of drug-likeness (QED) is 0.357. The number of ether oxygens (including phenoxy) is 2. The first-order valence-corrected chi connectivity index (χ1v) is 11.1. The summed E-state index contributed by atoms with van der Waals surface area (Å²) < 4.78 is 39.1. The second-order valence-electron chi connectivity index (χ2n) is 7.94. The third-order valence-electron chi connectivity index (χ3n) is 5.35. The Hall–Kier alpha value is -4.20. The fraction of sp³-hybridized carbons (Fsp3) is 0.185. The van der Waals surface area contributed by atoms with Crippen molar-refractivity contribution in [3.8, 4) is 11.6 Å². The molecule has 1 heterocycles. The molecule has 0 spiro atoms. The molecule has 3 aromatic carbocycles. The highest BCUT2D eigenvalue weighted by molar-refractivity contribution is 5.96. The van der Waals surface area contributed by atoms with Crippen molar-refractivity contribution in [1.82, 2.24) is 15.1 Å². The number of amides is 1. The molecular formula is C27H25F2N3O3. The van der Waals surface area contributed by atoms with Gasteiger partial charge in [-0.25, -0.2) is 8.78 Å². The number of benzene rings is 3. The molecule has 4 aromatic rings. The lowest BCUT2D eigenvalue weighted by Crippen LogP contribution is -2.25. The van der Waals surface area contributed by atoms with E-state index in [1.54, 1.807) is 42.3 Å². The molecule has 0 atom stereocenters. The zero-order chi connectivity index (χ0) is 24.6. The van der Waals surface area contributed by atoms with E-state index < -0.39 is 0 Å². The van der Waals surface area contributed by atoms with Gasteiger partial charge in [0.25, 0.3) is 5.91 Å². The van der Waals surface area contributed by atoms with Crippen LogP contribution in [0.15, 0.2) is 79.0 Å². The Labute approximate surface area is 202 Å². The first-order valence-electron chi connectivity index (χ1n) is 11.1. The second kappa shape index (κ2) is 11.3. The number of aromatic nitrogens is 2. The average Bonchev–Trinajstić information content (AvgIpc) is 3.28. The average molecular weight is 478 g/mol. The summed E-state index contributed by atoms with van der Waals surface area (Å²) in [4.78, 5) is 13.0. The summed E-state index contributed by atoms with van der Waals surface area (Å²) >= 11 is 0. The number of halogens is 2. The fourth-order valence-corrected chi connectivity index (χ4v) is 3.50. The summed E-state index contributed by atoms with van der Waals surface area (Å²) in [7, 11) is 1.61. The molecule has 180 valence electrons. The lowest BCUT2D eigenvalue weighted by atomic mass is 10.1. The van der Waals surface area contributed by atoms with Crippen molar-refractivity contribution >= 4 is 5.91 Å². The third-order valence-corrected chi connectivity index (χ3v) is 5.35. The highest BCUT2D eigenvalue weighted by Crippen LogP contribution is 2.19. The first-order chi connectivity index (χ1) is 17.0. The standard InChI is InChI=1S/C27H25F2N3O3/c1-34-24-4-2-3-19(15-24)13-14-30-26(33)25-17-32(16-20-5-9-22(28)10-6-20)31-27(25)35-18-21-7-11-23(29)12-8-21/h2-12,15,17H,13-14,16,18H2,1H3,(H,30,33). The maximum absolute atomic E-state index is 13.2. The van der Waals surface area contributed by atoms with Gasteiger partial charge in [0.2, 0.25) is 5.88 Å². The van der Waals surface area contributed by atoms with Gasteiger partial charge in [0.15, 0.2) is 0 Å². The number of rotatable bonds is 10. The maximum atomic E-state index is 13.2. The Morgan fingerprint density at radius 2 is 1.63 bits per heavy atom. The molecule has 0 saturated carbocycles. The summed E-state index contributed by atoms with van der Waals surface area (Å²) in [5.41, 5.74) is 2.87. The van der Waals surface area contributed by atoms with E-state index >= 15 is 0 Å². The fourth-order valence-electron chi connectivity index (χ4n) is 3.50. The predicted octanol–water partition coefficient (Wildman–Crippen LogP) is 4.77. The summed E-state index contributed by atoms with van der Waals surface area (Å²) in [6.07, 6.45) is 2.22. The predicted molar refractivity (Wildman–Crippen MR) is 127 cm³/mol. The molecule has 6 nitrogen and oxygen atoms in total. The van der Waals surface area contributed by atoms with Crippen molar-refractivity contribution in [3.05, 3.63) is 113 Å². The van der Waals surface area contributed by atoms with Gasteiger partial charge in [0.05, 0.1) is 13.7 Å². The molecule has 35 heavy (non-hydrogen) atoms. The minimum Gasteiger partial charge on any atom is -0.497 e. The third kappa shape index (κ3) is 6.66. The molecule has 8 heteroatoms. The van der Waals surface area contributed by atoms with Crippen molar-refractivity contribution in [1.29, 1.82) is 0 Å². The Kier molecular flexibility index (Phi) is 7.72. The highest BCUT2D eigenvalue weighted by Gasteiger charge is 2.18. The van der Waals surface area contributed by atoms with Gasteiger partial charge in [0, 0.05) is 12.7 Å². The van der Waals surface area contributed by atoms with Crippen molar-refractivity contribution in [3.63, 3.8) is 0 Å². The number of carbonyl (C=O) groups is 1. The highest BCUT2D eigenvalue weighted by atomic mass is 19.1. The molecule has 0 aliphatic rings. The van der Waals surface area contributed by atoms with Crippen LogP contribution in [0.5, 0.6) is 11.6 Å². The van der Waals surface area contributed by atoms with E-state index in [2.05, 4.69) is 10.4 Å². The molecule has 0 bridgehead atoms. The zero-order valence-corrected chi connectivity index (χ0v) is 19.2. The van der Waals surface area contributed by atoms with Crippen molar-refractivity contribution in [2.24, 2.45) is 0 Å². The largest absolute Gasteiger partial charge is 0.497 e. The van der Waals surface area contributed by atoms with Gasteiger partial charge in [-0.15, -0.1) is 5.10 Å². The molecule has 0 unspecified atom stereocenters. The molecule has 0 radical (unpaired) electrons. The van der Waals surface area contributed by atoms with Crippen molar-refractivity contribution in [2.45, 2.75) is 19.6 Å². The SMILES string of the molecule is COc1cccc(CCNC(=O)c2cn(Cc3ccc(F)cc3)nc2OCc2ccc(F)cc2)c1. The molecule has 0 aliphatic carbocycles. The van der Waals surface area contributed by atoms with E-state index in [1.807, 2.05) is 24.3 Å². The van der Waals surface area contributed by atoms with Gasteiger partial charge in [-0.1, -0.05) is 36.4 Å². The Morgan fingerprint density at radius 1 is 0.943 bits per heavy atom. The lowest BCUT2D eigenvalue weighted by Gasteiger charge is -2.08. The zero-order valence-electron chi connectivity index (χ0n) is 19.2.